The second kappa shape index (κ2) is 7.46. The number of nitrogens with zero attached hydrogens (tertiary/aromatic N) is 1. The molecule has 0 unspecified atom stereocenters. The summed E-state index contributed by atoms with van der Waals surface area (Å²) < 4.78 is 0. The quantitative estimate of drug-likeness (QED) is 0.788. The lowest BCUT2D eigenvalue weighted by atomic mass is 9.87. The molecule has 1 saturated carbocycles. The molecule has 1 heterocycles. The molecule has 2 N–H and O–H groups in total. The molecule has 106 valence electrons. The molecule has 0 bridgehead atoms. The highest BCUT2D eigenvalue weighted by Crippen LogP contribution is 2.24. The van der Waals surface area contributed by atoms with Crippen LogP contribution in [0.25, 0.3) is 0 Å². The van der Waals surface area contributed by atoms with E-state index in [9.17, 15) is 5.11 Å². The second-order valence-corrected chi connectivity index (χ2v) is 6.20. The smallest absolute Gasteiger partial charge is 0.0540 e. The van der Waals surface area contributed by atoms with E-state index in [0.717, 1.165) is 24.8 Å². The highest BCUT2D eigenvalue weighted by molar-refractivity contribution is 4.79. The van der Waals surface area contributed by atoms with E-state index in [0.29, 0.717) is 0 Å². The van der Waals surface area contributed by atoms with Crippen molar-refractivity contribution in [1.82, 2.24) is 10.2 Å². The van der Waals surface area contributed by atoms with Gasteiger partial charge in [-0.15, -0.1) is 0 Å². The molecule has 1 aliphatic carbocycles. The number of nitrogens with one attached hydrogen (secondary N) is 1. The molecular formula is C15H30N2O. The first-order valence-corrected chi connectivity index (χ1v) is 7.91. The van der Waals surface area contributed by atoms with Gasteiger partial charge in [-0.05, 0) is 77.0 Å². The Labute approximate surface area is 112 Å². The fraction of sp³-hybridized carbons (Fsp3) is 1.00. The highest BCUT2D eigenvalue weighted by atomic mass is 16.3. The molecule has 0 atom stereocenters. The lowest BCUT2D eigenvalue weighted by molar-refractivity contribution is 0.106. The van der Waals surface area contributed by atoms with E-state index in [1.807, 2.05) is 0 Å². The molecule has 0 amide bonds. The van der Waals surface area contributed by atoms with Crippen molar-refractivity contribution < 1.29 is 5.11 Å². The van der Waals surface area contributed by atoms with Crippen LogP contribution in [0.15, 0.2) is 0 Å². The summed E-state index contributed by atoms with van der Waals surface area (Å²) in [5, 5.41) is 13.3. The average molecular weight is 254 g/mol. The number of likely N-dealkylation sites (tertiary alicyclic amines) is 1. The Kier molecular flexibility index (Phi) is 5.93. The van der Waals surface area contributed by atoms with Crippen LogP contribution in [0.1, 0.15) is 51.9 Å². The Bertz CT molecular complexity index is 219. The zero-order valence-electron chi connectivity index (χ0n) is 11.9. The van der Waals surface area contributed by atoms with Crippen LogP contribution in [0.3, 0.4) is 0 Å². The van der Waals surface area contributed by atoms with Crippen molar-refractivity contribution >= 4 is 0 Å². The molecule has 0 aromatic rings. The number of piperidine rings is 1. The lowest BCUT2D eigenvalue weighted by Crippen LogP contribution is -2.44. The first-order chi connectivity index (χ1) is 8.78. The summed E-state index contributed by atoms with van der Waals surface area (Å²) in [5.41, 5.74) is 0. The zero-order chi connectivity index (χ0) is 12.8. The minimum atomic E-state index is -0.0152. The van der Waals surface area contributed by atoms with Gasteiger partial charge in [-0.1, -0.05) is 6.92 Å². The van der Waals surface area contributed by atoms with Crippen LogP contribution in [0.4, 0.5) is 0 Å². The molecule has 3 heteroatoms. The summed E-state index contributed by atoms with van der Waals surface area (Å²) in [6.45, 7) is 7.25. The van der Waals surface area contributed by atoms with Gasteiger partial charge in [-0.2, -0.15) is 0 Å². The monoisotopic (exact) mass is 254 g/mol. The summed E-state index contributed by atoms with van der Waals surface area (Å²) in [7, 11) is 0. The van der Waals surface area contributed by atoms with E-state index >= 15 is 0 Å². The molecule has 0 radical (unpaired) electrons. The Balaban J connectivity index is 1.57. The Hall–Kier alpha value is -0.120. The van der Waals surface area contributed by atoms with Crippen molar-refractivity contribution in [3.63, 3.8) is 0 Å². The van der Waals surface area contributed by atoms with Crippen LogP contribution in [-0.2, 0) is 0 Å². The largest absolute Gasteiger partial charge is 0.393 e. The molecule has 3 nitrogen and oxygen atoms in total. The predicted molar refractivity (Wildman–Crippen MR) is 75.7 cm³/mol. The fourth-order valence-corrected chi connectivity index (χ4v) is 3.36. The summed E-state index contributed by atoms with van der Waals surface area (Å²) in [4.78, 5) is 2.59. The van der Waals surface area contributed by atoms with E-state index in [4.69, 9.17) is 0 Å². The number of aliphatic hydroxyl groups excluding tert-OH is 1. The molecule has 2 rings (SSSR count). The minimum Gasteiger partial charge on any atom is -0.393 e. The van der Waals surface area contributed by atoms with Gasteiger partial charge >= 0.3 is 0 Å². The molecule has 0 spiro atoms. The fourth-order valence-electron chi connectivity index (χ4n) is 3.36. The lowest BCUT2D eigenvalue weighted by Gasteiger charge is -2.34. The molecular weight excluding hydrogens is 224 g/mol. The first kappa shape index (κ1) is 14.3. The Morgan fingerprint density at radius 2 is 1.72 bits per heavy atom. The maximum absolute atomic E-state index is 9.50. The molecule has 0 aromatic carbocycles. The van der Waals surface area contributed by atoms with E-state index < -0.39 is 0 Å². The molecule has 1 saturated heterocycles. The Morgan fingerprint density at radius 1 is 1.06 bits per heavy atom. The van der Waals surface area contributed by atoms with Crippen LogP contribution in [0, 0.1) is 5.92 Å². The molecule has 0 aromatic heterocycles. The van der Waals surface area contributed by atoms with Crippen molar-refractivity contribution in [3.05, 3.63) is 0 Å². The van der Waals surface area contributed by atoms with Crippen LogP contribution < -0.4 is 5.32 Å². The van der Waals surface area contributed by atoms with Gasteiger partial charge in [0.15, 0.2) is 0 Å². The zero-order valence-corrected chi connectivity index (χ0v) is 11.9. The van der Waals surface area contributed by atoms with E-state index in [1.165, 1.54) is 58.3 Å². The second-order valence-electron chi connectivity index (χ2n) is 6.20. The molecule has 18 heavy (non-hydrogen) atoms. The van der Waals surface area contributed by atoms with E-state index in [2.05, 4.69) is 17.1 Å². The van der Waals surface area contributed by atoms with Gasteiger partial charge in [-0.25, -0.2) is 0 Å². The van der Waals surface area contributed by atoms with Crippen LogP contribution >= 0.6 is 0 Å². The number of rotatable bonds is 5. The summed E-state index contributed by atoms with van der Waals surface area (Å²) in [6.07, 6.45) is 8.35. The third-order valence-corrected chi connectivity index (χ3v) is 4.64. The number of aliphatic hydroxyl groups is 1. The maximum atomic E-state index is 9.50. The van der Waals surface area contributed by atoms with Gasteiger partial charge in [0.1, 0.15) is 0 Å². The van der Waals surface area contributed by atoms with Gasteiger partial charge in [0, 0.05) is 6.04 Å². The van der Waals surface area contributed by atoms with Gasteiger partial charge in [0.05, 0.1) is 6.10 Å². The van der Waals surface area contributed by atoms with Gasteiger partial charge in [0.25, 0.3) is 0 Å². The van der Waals surface area contributed by atoms with Crippen molar-refractivity contribution in [3.8, 4) is 0 Å². The highest BCUT2D eigenvalue weighted by Gasteiger charge is 2.22. The summed E-state index contributed by atoms with van der Waals surface area (Å²) in [5.74, 6) is 0.807. The van der Waals surface area contributed by atoms with Gasteiger partial charge in [0.2, 0.25) is 0 Å². The minimum absolute atomic E-state index is 0.0152. The SMILES string of the molecule is CCCN1CCC(NCC2CCC(O)CC2)CC1. The number of hydrogen-bond donors (Lipinski definition) is 2. The number of hydrogen-bond acceptors (Lipinski definition) is 3. The van der Waals surface area contributed by atoms with Crippen molar-refractivity contribution in [1.29, 1.82) is 0 Å². The van der Waals surface area contributed by atoms with Gasteiger partial charge < -0.3 is 15.3 Å². The normalized spacial score (nSPS) is 31.7. The van der Waals surface area contributed by atoms with Gasteiger partial charge in [-0.3, -0.25) is 0 Å². The third-order valence-electron chi connectivity index (χ3n) is 4.64. The maximum Gasteiger partial charge on any atom is 0.0540 e. The van der Waals surface area contributed by atoms with Crippen LogP contribution in [0.5, 0.6) is 0 Å². The first-order valence-electron chi connectivity index (χ1n) is 7.91. The van der Waals surface area contributed by atoms with Crippen LogP contribution in [-0.4, -0.2) is 48.3 Å². The Morgan fingerprint density at radius 3 is 2.33 bits per heavy atom. The summed E-state index contributed by atoms with van der Waals surface area (Å²) >= 11 is 0. The van der Waals surface area contributed by atoms with Crippen molar-refractivity contribution in [2.45, 2.75) is 64.0 Å². The van der Waals surface area contributed by atoms with Crippen molar-refractivity contribution in [2.24, 2.45) is 5.92 Å². The standard InChI is InChI=1S/C15H30N2O/c1-2-9-17-10-7-14(8-11-17)16-12-13-3-5-15(18)6-4-13/h13-16,18H,2-12H2,1H3. The molecule has 2 aliphatic rings. The van der Waals surface area contributed by atoms with Crippen molar-refractivity contribution in [2.75, 3.05) is 26.2 Å². The molecule has 1 aliphatic heterocycles. The van der Waals surface area contributed by atoms with E-state index in [-0.39, 0.29) is 6.10 Å². The third kappa shape index (κ3) is 4.52. The predicted octanol–water partition coefficient (Wildman–Crippen LogP) is 2.00. The average Bonchev–Trinajstić information content (AvgIpc) is 2.40. The van der Waals surface area contributed by atoms with Crippen LogP contribution in [0.2, 0.25) is 0 Å². The molecule has 2 fully saturated rings. The topological polar surface area (TPSA) is 35.5 Å². The van der Waals surface area contributed by atoms with E-state index in [1.54, 1.807) is 0 Å². The summed E-state index contributed by atoms with van der Waals surface area (Å²) in [6, 6.07) is 0.741.